The van der Waals surface area contributed by atoms with Crippen LogP contribution in [-0.4, -0.2) is 75.7 Å². The highest BCUT2D eigenvalue weighted by Crippen LogP contribution is 2.25. The maximum Gasteiger partial charge on any atom is 0.211 e. The third kappa shape index (κ3) is 5.93. The molecule has 8 heteroatoms. The molecule has 1 aromatic carbocycles. The van der Waals surface area contributed by atoms with Gasteiger partial charge in [-0.3, -0.25) is 4.99 Å². The predicted molar refractivity (Wildman–Crippen MR) is 117 cm³/mol. The van der Waals surface area contributed by atoms with Crippen molar-refractivity contribution in [3.05, 3.63) is 35.4 Å². The van der Waals surface area contributed by atoms with E-state index < -0.39 is 10.0 Å². The van der Waals surface area contributed by atoms with Gasteiger partial charge in [0.2, 0.25) is 10.0 Å². The second-order valence-corrected chi connectivity index (χ2v) is 9.94. The largest absolute Gasteiger partial charge is 0.370 e. The molecule has 2 aliphatic rings. The Balaban J connectivity index is 1.62. The highest BCUT2D eigenvalue weighted by Gasteiger charge is 2.27. The minimum absolute atomic E-state index is 0.0480. The average Bonchev–Trinajstić information content (AvgIpc) is 2.71. The third-order valence-corrected chi connectivity index (χ3v) is 7.08. The lowest BCUT2D eigenvalue weighted by atomic mass is 9.98. The molecule has 0 saturated carbocycles. The molecular formula is C21H34N4O3S. The number of hydrogen-bond acceptors (Lipinski definition) is 4. The molecule has 2 aliphatic heterocycles. The molecule has 162 valence electrons. The van der Waals surface area contributed by atoms with Crippen LogP contribution in [0, 0.1) is 12.8 Å². The Labute approximate surface area is 175 Å². The fourth-order valence-corrected chi connectivity index (χ4v) is 4.92. The number of benzene rings is 1. The van der Waals surface area contributed by atoms with E-state index in [-0.39, 0.29) is 6.10 Å². The lowest BCUT2D eigenvalue weighted by Gasteiger charge is -2.36. The number of nitrogens with zero attached hydrogens (tertiary/aromatic N) is 3. The molecule has 0 amide bonds. The SMILES string of the molecule is CCNC(=NCC1CCN(S(C)(=O)=O)CC1)N1CCOC(c2ccccc2C)C1. The summed E-state index contributed by atoms with van der Waals surface area (Å²) in [6.45, 7) is 9.23. The molecule has 0 spiro atoms. The Kier molecular flexibility index (Phi) is 7.54. The first-order valence-corrected chi connectivity index (χ1v) is 12.4. The zero-order valence-corrected chi connectivity index (χ0v) is 18.6. The van der Waals surface area contributed by atoms with Gasteiger partial charge in [-0.15, -0.1) is 0 Å². The Morgan fingerprint density at radius 2 is 1.97 bits per heavy atom. The second kappa shape index (κ2) is 9.91. The van der Waals surface area contributed by atoms with E-state index in [1.807, 2.05) is 0 Å². The van der Waals surface area contributed by atoms with Crippen LogP contribution < -0.4 is 5.32 Å². The van der Waals surface area contributed by atoms with E-state index >= 15 is 0 Å². The van der Waals surface area contributed by atoms with Gasteiger partial charge >= 0.3 is 0 Å². The number of hydrogen-bond donors (Lipinski definition) is 1. The molecule has 0 bridgehead atoms. The minimum atomic E-state index is -3.08. The van der Waals surface area contributed by atoms with E-state index in [0.29, 0.717) is 25.6 Å². The normalized spacial score (nSPS) is 22.7. The summed E-state index contributed by atoms with van der Waals surface area (Å²) < 4.78 is 31.0. The smallest absolute Gasteiger partial charge is 0.211 e. The van der Waals surface area contributed by atoms with Gasteiger partial charge in [0.05, 0.1) is 19.4 Å². The highest BCUT2D eigenvalue weighted by atomic mass is 32.2. The number of nitrogens with one attached hydrogen (secondary N) is 1. The summed E-state index contributed by atoms with van der Waals surface area (Å²) in [5.74, 6) is 1.36. The molecule has 2 fully saturated rings. The number of guanidine groups is 1. The Bertz CT molecular complexity index is 804. The molecule has 2 saturated heterocycles. The standard InChI is InChI=1S/C21H34N4O3S/c1-4-22-21(23-15-18-9-11-25(12-10-18)29(3,26)27)24-13-14-28-20(16-24)19-8-6-5-7-17(19)2/h5-8,18,20H,4,9-16H2,1-3H3,(H,22,23). The van der Waals surface area contributed by atoms with Crippen molar-refractivity contribution in [1.29, 1.82) is 0 Å². The van der Waals surface area contributed by atoms with Crippen LogP contribution in [0.25, 0.3) is 0 Å². The van der Waals surface area contributed by atoms with Crippen molar-refractivity contribution in [3.8, 4) is 0 Å². The number of ether oxygens (including phenoxy) is 1. The summed E-state index contributed by atoms with van der Waals surface area (Å²) in [5, 5.41) is 3.43. The summed E-state index contributed by atoms with van der Waals surface area (Å²) in [6.07, 6.45) is 3.07. The fourth-order valence-electron chi connectivity index (χ4n) is 4.04. The first-order chi connectivity index (χ1) is 13.9. The summed E-state index contributed by atoms with van der Waals surface area (Å²) in [4.78, 5) is 7.19. The van der Waals surface area contributed by atoms with Crippen LogP contribution >= 0.6 is 0 Å². The maximum absolute atomic E-state index is 11.7. The van der Waals surface area contributed by atoms with E-state index in [2.05, 4.69) is 48.3 Å². The van der Waals surface area contributed by atoms with Crippen molar-refractivity contribution in [3.63, 3.8) is 0 Å². The molecule has 7 nitrogen and oxygen atoms in total. The number of sulfonamides is 1. The van der Waals surface area contributed by atoms with Gasteiger partial charge in [-0.05, 0) is 43.7 Å². The Morgan fingerprint density at radius 1 is 1.24 bits per heavy atom. The van der Waals surface area contributed by atoms with Crippen LogP contribution in [-0.2, 0) is 14.8 Å². The number of morpholine rings is 1. The average molecular weight is 423 g/mol. The summed E-state index contributed by atoms with van der Waals surface area (Å²) in [6, 6.07) is 8.38. The quantitative estimate of drug-likeness (QED) is 0.580. The monoisotopic (exact) mass is 422 g/mol. The third-order valence-electron chi connectivity index (χ3n) is 5.78. The van der Waals surface area contributed by atoms with Crippen LogP contribution in [0.15, 0.2) is 29.3 Å². The van der Waals surface area contributed by atoms with E-state index in [4.69, 9.17) is 9.73 Å². The van der Waals surface area contributed by atoms with Crippen molar-refractivity contribution < 1.29 is 13.2 Å². The van der Waals surface area contributed by atoms with Gasteiger partial charge in [-0.1, -0.05) is 24.3 Å². The van der Waals surface area contributed by atoms with E-state index in [1.165, 1.54) is 17.4 Å². The van der Waals surface area contributed by atoms with E-state index in [0.717, 1.165) is 45.0 Å². The van der Waals surface area contributed by atoms with Gasteiger partial charge < -0.3 is 15.0 Å². The molecule has 1 atom stereocenters. The first-order valence-electron chi connectivity index (χ1n) is 10.5. The molecule has 29 heavy (non-hydrogen) atoms. The molecule has 1 N–H and O–H groups in total. The Hall–Kier alpha value is -1.64. The summed E-state index contributed by atoms with van der Waals surface area (Å²) in [7, 11) is -3.08. The lowest BCUT2D eigenvalue weighted by Crippen LogP contribution is -2.48. The number of aliphatic imine (C=N–C) groups is 1. The van der Waals surface area contributed by atoms with E-state index in [9.17, 15) is 8.42 Å². The summed E-state index contributed by atoms with van der Waals surface area (Å²) >= 11 is 0. The molecule has 2 heterocycles. The number of piperidine rings is 1. The predicted octanol–water partition coefficient (Wildman–Crippen LogP) is 2.01. The van der Waals surface area contributed by atoms with Gasteiger partial charge in [0, 0.05) is 32.7 Å². The molecule has 1 aromatic rings. The molecular weight excluding hydrogens is 388 g/mol. The van der Waals surface area contributed by atoms with Crippen molar-refractivity contribution in [2.75, 3.05) is 52.1 Å². The van der Waals surface area contributed by atoms with Crippen molar-refractivity contribution in [2.24, 2.45) is 10.9 Å². The van der Waals surface area contributed by atoms with Gasteiger partial charge in [0.1, 0.15) is 6.10 Å². The zero-order valence-electron chi connectivity index (χ0n) is 17.8. The molecule has 0 aliphatic carbocycles. The van der Waals surface area contributed by atoms with Crippen LogP contribution in [0.4, 0.5) is 0 Å². The highest BCUT2D eigenvalue weighted by molar-refractivity contribution is 7.88. The fraction of sp³-hybridized carbons (Fsp3) is 0.667. The first kappa shape index (κ1) is 22.1. The maximum atomic E-state index is 11.7. The zero-order chi connectivity index (χ0) is 20.9. The van der Waals surface area contributed by atoms with Gasteiger partial charge in [-0.2, -0.15) is 0 Å². The number of aryl methyl sites for hydroxylation is 1. The summed E-state index contributed by atoms with van der Waals surface area (Å²) in [5.41, 5.74) is 2.49. The Morgan fingerprint density at radius 3 is 2.62 bits per heavy atom. The van der Waals surface area contributed by atoms with Gasteiger partial charge in [0.15, 0.2) is 5.96 Å². The second-order valence-electron chi connectivity index (χ2n) is 7.96. The van der Waals surface area contributed by atoms with Crippen LogP contribution in [0.5, 0.6) is 0 Å². The molecule has 3 rings (SSSR count). The van der Waals surface area contributed by atoms with Crippen molar-refractivity contribution in [1.82, 2.24) is 14.5 Å². The van der Waals surface area contributed by atoms with E-state index in [1.54, 1.807) is 4.31 Å². The topological polar surface area (TPSA) is 74.2 Å². The van der Waals surface area contributed by atoms with Gasteiger partial charge in [0.25, 0.3) is 0 Å². The van der Waals surface area contributed by atoms with Crippen molar-refractivity contribution >= 4 is 16.0 Å². The lowest BCUT2D eigenvalue weighted by molar-refractivity contribution is -0.00836. The molecule has 0 radical (unpaired) electrons. The van der Waals surface area contributed by atoms with Gasteiger partial charge in [-0.25, -0.2) is 12.7 Å². The van der Waals surface area contributed by atoms with Crippen LogP contribution in [0.2, 0.25) is 0 Å². The van der Waals surface area contributed by atoms with Crippen molar-refractivity contribution in [2.45, 2.75) is 32.8 Å². The van der Waals surface area contributed by atoms with Crippen LogP contribution in [0.3, 0.4) is 0 Å². The number of rotatable bonds is 5. The van der Waals surface area contributed by atoms with Crippen LogP contribution in [0.1, 0.15) is 37.0 Å². The molecule has 0 aromatic heterocycles. The molecule has 1 unspecified atom stereocenters. The minimum Gasteiger partial charge on any atom is -0.370 e.